The van der Waals surface area contributed by atoms with Crippen molar-refractivity contribution in [3.05, 3.63) is 0 Å². The summed E-state index contributed by atoms with van der Waals surface area (Å²) in [4.78, 5) is 7.76. The van der Waals surface area contributed by atoms with E-state index in [0.717, 1.165) is 31.7 Å². The Morgan fingerprint density at radius 1 is 0.957 bits per heavy atom. The molecule has 4 nitrogen and oxygen atoms in total. The number of piperazine rings is 1. The Hall–Kier alpha value is 0.0300. The zero-order valence-electron chi connectivity index (χ0n) is 15.7. The fourth-order valence-corrected chi connectivity index (χ4v) is 5.82. The molecule has 0 aliphatic carbocycles. The molecule has 2 saturated heterocycles. The van der Waals surface area contributed by atoms with Crippen LogP contribution in [-0.2, 0) is 10.8 Å². The SMILES string of the molecule is CCC1(CC)CN(CCCN2CCN(C(C)C)CC2)CCS1=O. The zero-order valence-corrected chi connectivity index (χ0v) is 16.5. The van der Waals surface area contributed by atoms with Crippen molar-refractivity contribution in [2.75, 3.05) is 58.1 Å². The molecule has 2 aliphatic rings. The second-order valence-electron chi connectivity index (χ2n) is 7.54. The van der Waals surface area contributed by atoms with Crippen molar-refractivity contribution in [1.82, 2.24) is 14.7 Å². The van der Waals surface area contributed by atoms with Gasteiger partial charge in [-0.2, -0.15) is 0 Å². The Kier molecular flexibility index (Phi) is 7.52. The third kappa shape index (κ3) is 5.00. The van der Waals surface area contributed by atoms with Gasteiger partial charge in [-0.15, -0.1) is 0 Å². The molecule has 0 aromatic rings. The highest BCUT2D eigenvalue weighted by molar-refractivity contribution is 7.86. The van der Waals surface area contributed by atoms with Crippen molar-refractivity contribution < 1.29 is 4.21 Å². The molecule has 0 saturated carbocycles. The predicted octanol–water partition coefficient (Wildman–Crippen LogP) is 2.03. The van der Waals surface area contributed by atoms with Gasteiger partial charge in [0.2, 0.25) is 0 Å². The maximum atomic E-state index is 12.4. The number of hydrogen-bond donors (Lipinski definition) is 0. The third-order valence-corrected chi connectivity index (χ3v) is 8.19. The molecule has 0 aromatic heterocycles. The first kappa shape index (κ1) is 19.4. The molecule has 0 amide bonds. The summed E-state index contributed by atoms with van der Waals surface area (Å²) in [5, 5.41) is 0. The van der Waals surface area contributed by atoms with Crippen LogP contribution in [0.4, 0.5) is 0 Å². The van der Waals surface area contributed by atoms with Crippen LogP contribution in [-0.4, -0.2) is 87.8 Å². The number of rotatable bonds is 7. The Balaban J connectivity index is 1.70. The van der Waals surface area contributed by atoms with Crippen LogP contribution in [0, 0.1) is 0 Å². The summed E-state index contributed by atoms with van der Waals surface area (Å²) in [5.41, 5.74) is 0. The molecule has 5 heteroatoms. The first-order valence-corrected chi connectivity index (χ1v) is 10.9. The number of hydrogen-bond acceptors (Lipinski definition) is 4. The summed E-state index contributed by atoms with van der Waals surface area (Å²) in [5.74, 6) is 0.870. The van der Waals surface area contributed by atoms with Gasteiger partial charge in [0.1, 0.15) is 0 Å². The predicted molar refractivity (Wildman–Crippen MR) is 101 cm³/mol. The molecular formula is C18H37N3OS. The van der Waals surface area contributed by atoms with Crippen LogP contribution in [0.2, 0.25) is 0 Å². The maximum Gasteiger partial charge on any atom is 0.0581 e. The van der Waals surface area contributed by atoms with E-state index in [9.17, 15) is 4.21 Å². The first-order valence-electron chi connectivity index (χ1n) is 9.58. The zero-order chi connectivity index (χ0) is 16.9. The van der Waals surface area contributed by atoms with Crippen molar-refractivity contribution in [2.45, 2.75) is 57.7 Å². The minimum Gasteiger partial charge on any atom is -0.301 e. The quantitative estimate of drug-likeness (QED) is 0.707. The van der Waals surface area contributed by atoms with E-state index in [2.05, 4.69) is 42.4 Å². The lowest BCUT2D eigenvalue weighted by atomic mass is 10.0. The van der Waals surface area contributed by atoms with Crippen molar-refractivity contribution in [3.63, 3.8) is 0 Å². The van der Waals surface area contributed by atoms with Gasteiger partial charge in [-0.3, -0.25) is 9.11 Å². The third-order valence-electron chi connectivity index (χ3n) is 5.96. The van der Waals surface area contributed by atoms with E-state index < -0.39 is 10.8 Å². The molecule has 136 valence electrons. The topological polar surface area (TPSA) is 26.8 Å². The maximum absolute atomic E-state index is 12.4. The average Bonchev–Trinajstić information content (AvgIpc) is 2.57. The second kappa shape index (κ2) is 8.93. The normalized spacial score (nSPS) is 27.6. The van der Waals surface area contributed by atoms with Crippen LogP contribution in [0.1, 0.15) is 47.0 Å². The fourth-order valence-electron chi connectivity index (χ4n) is 3.99. The summed E-state index contributed by atoms with van der Waals surface area (Å²) in [6.07, 6.45) is 3.34. The summed E-state index contributed by atoms with van der Waals surface area (Å²) in [6.45, 7) is 18.3. The van der Waals surface area contributed by atoms with Crippen molar-refractivity contribution in [2.24, 2.45) is 0 Å². The second-order valence-corrected chi connectivity index (χ2v) is 9.51. The molecular weight excluding hydrogens is 306 g/mol. The minimum atomic E-state index is -0.633. The van der Waals surface area contributed by atoms with Gasteiger partial charge in [0.15, 0.2) is 0 Å². The Bertz CT molecular complexity index is 376. The molecule has 1 atom stereocenters. The lowest BCUT2D eigenvalue weighted by Crippen LogP contribution is -2.53. The van der Waals surface area contributed by atoms with E-state index in [1.807, 2.05) is 0 Å². The molecule has 23 heavy (non-hydrogen) atoms. The van der Waals surface area contributed by atoms with Crippen LogP contribution in [0.15, 0.2) is 0 Å². The van der Waals surface area contributed by atoms with Gasteiger partial charge < -0.3 is 9.80 Å². The summed E-state index contributed by atoms with van der Waals surface area (Å²) in [6, 6.07) is 0.683. The molecule has 0 radical (unpaired) electrons. The van der Waals surface area contributed by atoms with E-state index in [-0.39, 0.29) is 4.75 Å². The van der Waals surface area contributed by atoms with Gasteiger partial charge in [0, 0.05) is 61.9 Å². The average molecular weight is 344 g/mol. The smallest absolute Gasteiger partial charge is 0.0581 e. The largest absolute Gasteiger partial charge is 0.301 e. The highest BCUT2D eigenvalue weighted by Crippen LogP contribution is 2.28. The molecule has 2 fully saturated rings. The molecule has 2 rings (SSSR count). The lowest BCUT2D eigenvalue weighted by Gasteiger charge is -2.41. The van der Waals surface area contributed by atoms with E-state index in [1.54, 1.807) is 0 Å². The van der Waals surface area contributed by atoms with Crippen LogP contribution >= 0.6 is 0 Å². The van der Waals surface area contributed by atoms with Crippen LogP contribution < -0.4 is 0 Å². The van der Waals surface area contributed by atoms with E-state index >= 15 is 0 Å². The minimum absolute atomic E-state index is 0.0567. The molecule has 0 spiro atoms. The van der Waals surface area contributed by atoms with Gasteiger partial charge in [0.05, 0.1) is 4.75 Å². The number of nitrogens with zero attached hydrogens (tertiary/aromatic N) is 3. The van der Waals surface area contributed by atoms with Crippen LogP contribution in [0.25, 0.3) is 0 Å². The molecule has 0 aromatic carbocycles. The van der Waals surface area contributed by atoms with Gasteiger partial charge in [-0.1, -0.05) is 13.8 Å². The van der Waals surface area contributed by atoms with Crippen LogP contribution in [0.3, 0.4) is 0 Å². The van der Waals surface area contributed by atoms with Gasteiger partial charge in [0.25, 0.3) is 0 Å². The van der Waals surface area contributed by atoms with Crippen molar-refractivity contribution in [1.29, 1.82) is 0 Å². The molecule has 0 N–H and O–H groups in total. The van der Waals surface area contributed by atoms with Crippen LogP contribution in [0.5, 0.6) is 0 Å². The van der Waals surface area contributed by atoms with Crippen molar-refractivity contribution in [3.8, 4) is 0 Å². The molecule has 0 bridgehead atoms. The van der Waals surface area contributed by atoms with Gasteiger partial charge in [-0.25, -0.2) is 0 Å². The van der Waals surface area contributed by atoms with E-state index in [1.165, 1.54) is 45.7 Å². The lowest BCUT2D eigenvalue weighted by molar-refractivity contribution is 0.104. The van der Waals surface area contributed by atoms with E-state index in [4.69, 9.17) is 0 Å². The highest BCUT2D eigenvalue weighted by atomic mass is 32.2. The Morgan fingerprint density at radius 3 is 2.13 bits per heavy atom. The Labute approximate surface area is 146 Å². The van der Waals surface area contributed by atoms with Crippen molar-refractivity contribution >= 4 is 10.8 Å². The first-order chi connectivity index (χ1) is 11.0. The highest BCUT2D eigenvalue weighted by Gasteiger charge is 2.38. The Morgan fingerprint density at radius 2 is 1.57 bits per heavy atom. The molecule has 2 heterocycles. The summed E-state index contributed by atoms with van der Waals surface area (Å²) in [7, 11) is -0.633. The molecule has 1 unspecified atom stereocenters. The van der Waals surface area contributed by atoms with Gasteiger partial charge in [-0.05, 0) is 46.2 Å². The molecule has 2 aliphatic heterocycles. The van der Waals surface area contributed by atoms with Gasteiger partial charge >= 0.3 is 0 Å². The summed E-state index contributed by atoms with van der Waals surface area (Å²) < 4.78 is 12.5. The van der Waals surface area contributed by atoms with E-state index in [0.29, 0.717) is 6.04 Å². The fraction of sp³-hybridized carbons (Fsp3) is 1.00. The summed E-state index contributed by atoms with van der Waals surface area (Å²) >= 11 is 0. The standard InChI is InChI=1S/C18H37N3OS/c1-5-18(6-2)16-20(14-15-23(18)22)9-7-8-19-10-12-21(13-11-19)17(3)4/h17H,5-16H2,1-4H3. The monoisotopic (exact) mass is 343 g/mol.